The molecule has 0 saturated heterocycles. The second-order valence-corrected chi connectivity index (χ2v) is 4.66. The van der Waals surface area contributed by atoms with E-state index in [2.05, 4.69) is 24.3 Å². The Hall–Kier alpha value is -1.26. The SMILES string of the molecule is CCOc1cccc(OCCNCCCN(C)C)c1. The molecule has 0 unspecified atom stereocenters. The molecule has 0 fully saturated rings. The molecule has 19 heavy (non-hydrogen) atoms. The molecule has 0 aromatic heterocycles. The van der Waals surface area contributed by atoms with Gasteiger partial charge in [-0.25, -0.2) is 0 Å². The van der Waals surface area contributed by atoms with Gasteiger partial charge in [-0.15, -0.1) is 0 Å². The van der Waals surface area contributed by atoms with Crippen molar-refractivity contribution >= 4 is 0 Å². The third-order valence-electron chi connectivity index (χ3n) is 2.62. The molecule has 1 aromatic rings. The molecule has 4 nitrogen and oxygen atoms in total. The molecule has 4 heteroatoms. The van der Waals surface area contributed by atoms with Gasteiger partial charge in [0.15, 0.2) is 0 Å². The van der Waals surface area contributed by atoms with E-state index in [-0.39, 0.29) is 0 Å². The summed E-state index contributed by atoms with van der Waals surface area (Å²) < 4.78 is 11.1. The summed E-state index contributed by atoms with van der Waals surface area (Å²) in [6, 6.07) is 7.77. The van der Waals surface area contributed by atoms with E-state index >= 15 is 0 Å². The zero-order chi connectivity index (χ0) is 13.9. The van der Waals surface area contributed by atoms with Crippen molar-refractivity contribution in [1.29, 1.82) is 0 Å². The summed E-state index contributed by atoms with van der Waals surface area (Å²) in [7, 11) is 4.18. The molecular weight excluding hydrogens is 240 g/mol. The summed E-state index contributed by atoms with van der Waals surface area (Å²) in [5.74, 6) is 1.72. The predicted molar refractivity (Wildman–Crippen MR) is 79.1 cm³/mol. The second-order valence-electron chi connectivity index (χ2n) is 4.66. The maximum absolute atomic E-state index is 5.67. The predicted octanol–water partition coefficient (Wildman–Crippen LogP) is 2.01. The van der Waals surface area contributed by atoms with Crippen molar-refractivity contribution in [2.45, 2.75) is 13.3 Å². The lowest BCUT2D eigenvalue weighted by Crippen LogP contribution is -2.25. The first kappa shape index (κ1) is 15.8. The average Bonchev–Trinajstić information content (AvgIpc) is 2.38. The number of hydrogen-bond acceptors (Lipinski definition) is 4. The molecule has 0 aliphatic heterocycles. The minimum Gasteiger partial charge on any atom is -0.494 e. The molecule has 0 aliphatic carbocycles. The lowest BCUT2D eigenvalue weighted by molar-refractivity contribution is 0.304. The van der Waals surface area contributed by atoms with Gasteiger partial charge in [0.1, 0.15) is 18.1 Å². The van der Waals surface area contributed by atoms with Crippen molar-refractivity contribution in [3.8, 4) is 11.5 Å². The summed E-state index contributed by atoms with van der Waals surface area (Å²) in [6.45, 7) is 6.34. The van der Waals surface area contributed by atoms with Gasteiger partial charge in [-0.1, -0.05) is 6.07 Å². The molecule has 1 N–H and O–H groups in total. The van der Waals surface area contributed by atoms with Gasteiger partial charge < -0.3 is 19.7 Å². The summed E-state index contributed by atoms with van der Waals surface area (Å²) in [6.07, 6.45) is 1.16. The molecule has 1 rings (SSSR count). The first-order valence-corrected chi connectivity index (χ1v) is 6.93. The topological polar surface area (TPSA) is 33.7 Å². The zero-order valence-electron chi connectivity index (χ0n) is 12.3. The molecule has 0 amide bonds. The zero-order valence-corrected chi connectivity index (χ0v) is 12.3. The van der Waals surface area contributed by atoms with E-state index in [1.54, 1.807) is 0 Å². The molecule has 0 spiro atoms. The van der Waals surface area contributed by atoms with E-state index in [1.807, 2.05) is 31.2 Å². The fraction of sp³-hybridized carbons (Fsp3) is 0.600. The Morgan fingerprint density at radius 1 is 1.11 bits per heavy atom. The first-order chi connectivity index (χ1) is 9.22. The van der Waals surface area contributed by atoms with Crippen LogP contribution >= 0.6 is 0 Å². The summed E-state index contributed by atoms with van der Waals surface area (Å²) in [5.41, 5.74) is 0. The van der Waals surface area contributed by atoms with Crippen LogP contribution in [0.3, 0.4) is 0 Å². The highest BCUT2D eigenvalue weighted by molar-refractivity contribution is 5.32. The monoisotopic (exact) mass is 266 g/mol. The highest BCUT2D eigenvalue weighted by Crippen LogP contribution is 2.18. The number of rotatable bonds is 10. The summed E-state index contributed by atoms with van der Waals surface area (Å²) in [4.78, 5) is 2.19. The van der Waals surface area contributed by atoms with Gasteiger partial charge in [-0.3, -0.25) is 0 Å². The van der Waals surface area contributed by atoms with Crippen molar-refractivity contribution in [1.82, 2.24) is 10.2 Å². The maximum atomic E-state index is 5.67. The number of hydrogen-bond donors (Lipinski definition) is 1. The van der Waals surface area contributed by atoms with Crippen LogP contribution in [0.25, 0.3) is 0 Å². The standard InChI is InChI=1S/C15H26N2O2/c1-4-18-14-7-5-8-15(13-14)19-12-10-16-9-6-11-17(2)3/h5,7-8,13,16H,4,6,9-12H2,1-3H3. The quantitative estimate of drug-likeness (QED) is 0.657. The van der Waals surface area contributed by atoms with Crippen molar-refractivity contribution in [3.05, 3.63) is 24.3 Å². The fourth-order valence-electron chi connectivity index (χ4n) is 1.71. The molecule has 108 valence electrons. The largest absolute Gasteiger partial charge is 0.494 e. The van der Waals surface area contributed by atoms with E-state index in [4.69, 9.17) is 9.47 Å². The normalized spacial score (nSPS) is 10.7. The molecule has 0 saturated carbocycles. The first-order valence-electron chi connectivity index (χ1n) is 6.93. The smallest absolute Gasteiger partial charge is 0.123 e. The number of nitrogens with zero attached hydrogens (tertiary/aromatic N) is 1. The lowest BCUT2D eigenvalue weighted by atomic mass is 10.3. The Balaban J connectivity index is 2.10. The van der Waals surface area contributed by atoms with Gasteiger partial charge in [-0.2, -0.15) is 0 Å². The van der Waals surface area contributed by atoms with E-state index in [0.29, 0.717) is 13.2 Å². The van der Waals surface area contributed by atoms with Crippen LogP contribution in [0, 0.1) is 0 Å². The highest BCUT2D eigenvalue weighted by atomic mass is 16.5. The summed E-state index contributed by atoms with van der Waals surface area (Å²) >= 11 is 0. The Labute approximate surface area is 116 Å². The molecule has 0 radical (unpaired) electrons. The van der Waals surface area contributed by atoms with Crippen molar-refractivity contribution in [3.63, 3.8) is 0 Å². The minimum atomic E-state index is 0.677. The minimum absolute atomic E-state index is 0.677. The van der Waals surface area contributed by atoms with Crippen molar-refractivity contribution in [2.75, 3.05) is 46.9 Å². The van der Waals surface area contributed by atoms with Crippen LogP contribution in [0.1, 0.15) is 13.3 Å². The molecule has 0 heterocycles. The van der Waals surface area contributed by atoms with Crippen molar-refractivity contribution < 1.29 is 9.47 Å². The van der Waals surface area contributed by atoms with Crippen molar-refractivity contribution in [2.24, 2.45) is 0 Å². The lowest BCUT2D eigenvalue weighted by Gasteiger charge is -2.11. The Kier molecular flexibility index (Phi) is 8.02. The van der Waals surface area contributed by atoms with E-state index in [0.717, 1.165) is 37.6 Å². The van der Waals surface area contributed by atoms with Gasteiger partial charge in [0, 0.05) is 12.6 Å². The molecule has 0 bridgehead atoms. The molecular formula is C15H26N2O2. The third-order valence-corrected chi connectivity index (χ3v) is 2.62. The van der Waals surface area contributed by atoms with Gasteiger partial charge in [-0.05, 0) is 52.7 Å². The second kappa shape index (κ2) is 9.64. The van der Waals surface area contributed by atoms with E-state index in [1.165, 1.54) is 0 Å². The average molecular weight is 266 g/mol. The van der Waals surface area contributed by atoms with Crippen LogP contribution in [-0.2, 0) is 0 Å². The fourth-order valence-corrected chi connectivity index (χ4v) is 1.71. The maximum Gasteiger partial charge on any atom is 0.123 e. The summed E-state index contributed by atoms with van der Waals surface area (Å²) in [5, 5.41) is 3.37. The van der Waals surface area contributed by atoms with Crippen LogP contribution in [0.15, 0.2) is 24.3 Å². The van der Waals surface area contributed by atoms with Crippen LogP contribution in [0.2, 0.25) is 0 Å². The third kappa shape index (κ3) is 7.70. The molecule has 1 aromatic carbocycles. The Bertz CT molecular complexity index is 343. The van der Waals surface area contributed by atoms with Gasteiger partial charge >= 0.3 is 0 Å². The number of nitrogens with one attached hydrogen (secondary N) is 1. The van der Waals surface area contributed by atoms with E-state index < -0.39 is 0 Å². The Morgan fingerprint density at radius 2 is 1.84 bits per heavy atom. The van der Waals surface area contributed by atoms with Gasteiger partial charge in [0.2, 0.25) is 0 Å². The Morgan fingerprint density at radius 3 is 2.53 bits per heavy atom. The highest BCUT2D eigenvalue weighted by Gasteiger charge is 1.97. The van der Waals surface area contributed by atoms with E-state index in [9.17, 15) is 0 Å². The molecule has 0 atom stereocenters. The number of ether oxygens (including phenoxy) is 2. The van der Waals surface area contributed by atoms with Gasteiger partial charge in [0.05, 0.1) is 6.61 Å². The van der Waals surface area contributed by atoms with Crippen LogP contribution in [0.5, 0.6) is 11.5 Å². The van der Waals surface area contributed by atoms with Gasteiger partial charge in [0.25, 0.3) is 0 Å². The van der Waals surface area contributed by atoms with Crippen LogP contribution < -0.4 is 14.8 Å². The number of benzene rings is 1. The molecule has 0 aliphatic rings. The van der Waals surface area contributed by atoms with Crippen LogP contribution in [-0.4, -0.2) is 51.8 Å². The van der Waals surface area contributed by atoms with Crippen LogP contribution in [0.4, 0.5) is 0 Å².